The van der Waals surface area contributed by atoms with Crippen molar-refractivity contribution < 1.29 is 14.3 Å². The van der Waals surface area contributed by atoms with Gasteiger partial charge in [-0.3, -0.25) is 9.59 Å². The number of ether oxygens (including phenoxy) is 1. The molecule has 4 nitrogen and oxygen atoms in total. The molecule has 0 aromatic carbocycles. The van der Waals surface area contributed by atoms with E-state index in [-0.39, 0.29) is 24.2 Å². The molecule has 0 saturated carbocycles. The Kier molecular flexibility index (Phi) is 1.42. The third-order valence-electron chi connectivity index (χ3n) is 2.08. The lowest BCUT2D eigenvalue weighted by atomic mass is 10.2. The topological polar surface area (TPSA) is 46.6 Å². The molecule has 60 valence electrons. The number of hydrogen-bond acceptors (Lipinski definition) is 3. The highest BCUT2D eigenvalue weighted by molar-refractivity contribution is 6.05. The molecule has 2 heterocycles. The summed E-state index contributed by atoms with van der Waals surface area (Å²) in [6, 6.07) is 0.175. The van der Waals surface area contributed by atoms with Gasteiger partial charge in [-0.2, -0.15) is 0 Å². The minimum Gasteiger partial charge on any atom is -0.377 e. The molecular formula is C7H9NO3. The molecule has 0 spiro atoms. The SMILES string of the molecule is O=C1CC(=O)N(C2COC2)C1. The van der Waals surface area contributed by atoms with Crippen LogP contribution < -0.4 is 0 Å². The van der Waals surface area contributed by atoms with Gasteiger partial charge < -0.3 is 9.64 Å². The number of hydrogen-bond donors (Lipinski definition) is 0. The van der Waals surface area contributed by atoms with Gasteiger partial charge >= 0.3 is 0 Å². The fourth-order valence-electron chi connectivity index (χ4n) is 1.34. The first kappa shape index (κ1) is 6.79. The molecule has 0 N–H and O–H groups in total. The molecular weight excluding hydrogens is 146 g/mol. The Bertz CT molecular complexity index is 210. The minimum absolute atomic E-state index is 0.0295. The van der Waals surface area contributed by atoms with E-state index in [9.17, 15) is 9.59 Å². The zero-order chi connectivity index (χ0) is 7.84. The molecule has 0 atom stereocenters. The third kappa shape index (κ3) is 1.03. The van der Waals surface area contributed by atoms with Crippen LogP contribution in [-0.2, 0) is 14.3 Å². The van der Waals surface area contributed by atoms with Crippen LogP contribution in [0.3, 0.4) is 0 Å². The molecule has 2 fully saturated rings. The molecule has 11 heavy (non-hydrogen) atoms. The van der Waals surface area contributed by atoms with E-state index < -0.39 is 0 Å². The molecule has 4 heteroatoms. The molecule has 0 aromatic rings. The van der Waals surface area contributed by atoms with E-state index in [4.69, 9.17) is 4.74 Å². The Labute approximate surface area is 64.1 Å². The normalized spacial score (nSPS) is 26.0. The second kappa shape index (κ2) is 2.30. The minimum atomic E-state index is -0.0386. The molecule has 0 unspecified atom stereocenters. The lowest BCUT2D eigenvalue weighted by molar-refractivity contribution is -0.139. The summed E-state index contributed by atoms with van der Waals surface area (Å²) in [5.74, 6) is -0.00907. The number of rotatable bonds is 1. The van der Waals surface area contributed by atoms with Gasteiger partial charge in [0, 0.05) is 0 Å². The van der Waals surface area contributed by atoms with Gasteiger partial charge in [-0.1, -0.05) is 0 Å². The van der Waals surface area contributed by atoms with Crippen molar-refractivity contribution in [3.05, 3.63) is 0 Å². The van der Waals surface area contributed by atoms with E-state index in [1.165, 1.54) is 0 Å². The highest BCUT2D eigenvalue weighted by atomic mass is 16.5. The second-order valence-corrected chi connectivity index (χ2v) is 2.93. The average molecular weight is 155 g/mol. The largest absolute Gasteiger partial charge is 0.377 e. The Morgan fingerprint density at radius 3 is 2.45 bits per heavy atom. The van der Waals surface area contributed by atoms with Crippen molar-refractivity contribution >= 4 is 11.7 Å². The number of likely N-dealkylation sites (tertiary alicyclic amines) is 1. The van der Waals surface area contributed by atoms with Crippen LogP contribution in [-0.4, -0.2) is 42.4 Å². The van der Waals surface area contributed by atoms with Gasteiger partial charge in [0.2, 0.25) is 5.91 Å². The maximum absolute atomic E-state index is 11.1. The number of nitrogens with zero attached hydrogens (tertiary/aromatic N) is 1. The maximum Gasteiger partial charge on any atom is 0.230 e. The van der Waals surface area contributed by atoms with Crippen molar-refractivity contribution in [2.75, 3.05) is 19.8 Å². The van der Waals surface area contributed by atoms with Crippen LogP contribution in [0.15, 0.2) is 0 Å². The van der Waals surface area contributed by atoms with E-state index >= 15 is 0 Å². The van der Waals surface area contributed by atoms with E-state index in [2.05, 4.69) is 0 Å². The van der Waals surface area contributed by atoms with Gasteiger partial charge in [-0.25, -0.2) is 0 Å². The number of Topliss-reactive ketones (excluding diaryl/α,β-unsaturated/α-hetero) is 1. The highest BCUT2D eigenvalue weighted by Crippen LogP contribution is 2.16. The molecule has 2 rings (SSSR count). The standard InChI is InChI=1S/C7H9NO3/c9-6-1-7(10)8(2-6)5-3-11-4-5/h5H,1-4H2. The summed E-state index contributed by atoms with van der Waals surface area (Å²) in [5, 5.41) is 0. The van der Waals surface area contributed by atoms with Crippen molar-refractivity contribution in [1.29, 1.82) is 0 Å². The van der Waals surface area contributed by atoms with Crippen LogP contribution in [0.5, 0.6) is 0 Å². The zero-order valence-corrected chi connectivity index (χ0v) is 6.08. The van der Waals surface area contributed by atoms with Gasteiger partial charge in [0.25, 0.3) is 0 Å². The Morgan fingerprint density at radius 1 is 1.36 bits per heavy atom. The molecule has 0 bridgehead atoms. The molecule has 0 aromatic heterocycles. The van der Waals surface area contributed by atoms with Crippen LogP contribution in [0.1, 0.15) is 6.42 Å². The number of ketones is 1. The lowest BCUT2D eigenvalue weighted by Crippen LogP contribution is -2.49. The van der Waals surface area contributed by atoms with Gasteiger partial charge in [0.15, 0.2) is 5.78 Å². The average Bonchev–Trinajstić information content (AvgIpc) is 2.07. The van der Waals surface area contributed by atoms with Crippen LogP contribution in [0, 0.1) is 0 Å². The van der Waals surface area contributed by atoms with Crippen molar-refractivity contribution in [2.24, 2.45) is 0 Å². The summed E-state index contributed by atoms with van der Waals surface area (Å²) in [6.45, 7) is 1.49. The van der Waals surface area contributed by atoms with Gasteiger partial charge in [-0.15, -0.1) is 0 Å². The summed E-state index contributed by atoms with van der Waals surface area (Å²) in [4.78, 5) is 23.5. The fraction of sp³-hybridized carbons (Fsp3) is 0.714. The first-order chi connectivity index (χ1) is 5.27. The summed E-state index contributed by atoms with van der Waals surface area (Å²) < 4.78 is 4.93. The van der Waals surface area contributed by atoms with Crippen molar-refractivity contribution in [1.82, 2.24) is 4.90 Å². The van der Waals surface area contributed by atoms with E-state index in [1.807, 2.05) is 0 Å². The molecule has 2 aliphatic rings. The molecule has 2 saturated heterocycles. The van der Waals surface area contributed by atoms with Crippen LogP contribution in [0.25, 0.3) is 0 Å². The van der Waals surface area contributed by atoms with Gasteiger partial charge in [0.1, 0.15) is 0 Å². The van der Waals surface area contributed by atoms with Crippen LogP contribution in [0.4, 0.5) is 0 Å². The van der Waals surface area contributed by atoms with E-state index in [0.717, 1.165) is 0 Å². The second-order valence-electron chi connectivity index (χ2n) is 2.93. The fourth-order valence-corrected chi connectivity index (χ4v) is 1.34. The molecule has 2 aliphatic heterocycles. The van der Waals surface area contributed by atoms with Gasteiger partial charge in [-0.05, 0) is 0 Å². The van der Waals surface area contributed by atoms with E-state index in [0.29, 0.717) is 19.8 Å². The van der Waals surface area contributed by atoms with Crippen molar-refractivity contribution in [2.45, 2.75) is 12.5 Å². The Morgan fingerprint density at radius 2 is 2.09 bits per heavy atom. The summed E-state index contributed by atoms with van der Waals surface area (Å²) in [5.41, 5.74) is 0. The number of carbonyl (C=O) groups excluding carboxylic acids is 2. The predicted molar refractivity (Wildman–Crippen MR) is 35.9 cm³/mol. The molecule has 1 amide bonds. The lowest BCUT2D eigenvalue weighted by Gasteiger charge is -2.33. The third-order valence-corrected chi connectivity index (χ3v) is 2.08. The summed E-state index contributed by atoms with van der Waals surface area (Å²) in [6.07, 6.45) is 0.0937. The first-order valence-electron chi connectivity index (χ1n) is 3.66. The van der Waals surface area contributed by atoms with Gasteiger partial charge in [0.05, 0.1) is 32.2 Å². The molecule has 0 aliphatic carbocycles. The first-order valence-corrected chi connectivity index (χ1v) is 3.66. The number of carbonyl (C=O) groups is 2. The monoisotopic (exact) mass is 155 g/mol. The summed E-state index contributed by atoms with van der Waals surface area (Å²) >= 11 is 0. The van der Waals surface area contributed by atoms with Crippen LogP contribution in [0.2, 0.25) is 0 Å². The highest BCUT2D eigenvalue weighted by Gasteiger charge is 2.36. The summed E-state index contributed by atoms with van der Waals surface area (Å²) in [7, 11) is 0. The molecule has 0 radical (unpaired) electrons. The predicted octanol–water partition coefficient (Wildman–Crippen LogP) is -0.813. The maximum atomic E-state index is 11.1. The smallest absolute Gasteiger partial charge is 0.230 e. The van der Waals surface area contributed by atoms with Crippen molar-refractivity contribution in [3.63, 3.8) is 0 Å². The van der Waals surface area contributed by atoms with Crippen LogP contribution >= 0.6 is 0 Å². The quantitative estimate of drug-likeness (QED) is 0.465. The Hall–Kier alpha value is -0.900. The zero-order valence-electron chi connectivity index (χ0n) is 6.08. The van der Waals surface area contributed by atoms with Crippen molar-refractivity contribution in [3.8, 4) is 0 Å². The number of amides is 1. The Balaban J connectivity index is 2.02. The van der Waals surface area contributed by atoms with E-state index in [1.54, 1.807) is 4.90 Å².